The Kier molecular flexibility index (Phi) is 2.38. The largest absolute Gasteiger partial charge is 0.485 e. The summed E-state index contributed by atoms with van der Waals surface area (Å²) >= 11 is 0. The lowest BCUT2D eigenvalue weighted by Crippen LogP contribution is -2.44. The van der Waals surface area contributed by atoms with E-state index < -0.39 is 0 Å². The molecule has 0 aromatic heterocycles. The van der Waals surface area contributed by atoms with Gasteiger partial charge in [-0.2, -0.15) is 0 Å². The molecule has 17 heavy (non-hydrogen) atoms. The van der Waals surface area contributed by atoms with Gasteiger partial charge in [-0.25, -0.2) is 4.39 Å². The minimum absolute atomic E-state index is 0.0501. The number of likely N-dealkylation sites (N-methyl/N-ethyl adjacent to an activating group) is 1. The van der Waals surface area contributed by atoms with E-state index in [9.17, 15) is 4.39 Å². The minimum atomic E-state index is -0.264. The molecule has 1 fully saturated rings. The number of halogens is 1. The highest BCUT2D eigenvalue weighted by Crippen LogP contribution is 2.42. The Balaban J connectivity index is 1.97. The maximum Gasteiger partial charge on any atom is 0.127 e. The SMILES string of the molecule is CN1CCC2(C[C@H](N)c3ccc(F)cc3O2)C1. The molecular formula is C13H17FN2O. The first-order valence-electron chi connectivity index (χ1n) is 6.01. The number of rotatable bonds is 0. The van der Waals surface area contributed by atoms with Gasteiger partial charge in [0.1, 0.15) is 17.2 Å². The maximum absolute atomic E-state index is 13.2. The van der Waals surface area contributed by atoms with Crippen molar-refractivity contribution < 1.29 is 9.13 Å². The zero-order chi connectivity index (χ0) is 12.0. The molecule has 2 heterocycles. The van der Waals surface area contributed by atoms with Crippen LogP contribution in [-0.2, 0) is 0 Å². The summed E-state index contributed by atoms with van der Waals surface area (Å²) in [5.74, 6) is 0.360. The number of fused-ring (bicyclic) bond motifs is 1. The van der Waals surface area contributed by atoms with Crippen LogP contribution >= 0.6 is 0 Å². The predicted octanol–water partition coefficient (Wildman–Crippen LogP) is 1.68. The van der Waals surface area contributed by atoms with E-state index in [0.717, 1.165) is 31.5 Å². The van der Waals surface area contributed by atoms with Gasteiger partial charge in [-0.1, -0.05) is 6.07 Å². The summed E-state index contributed by atoms with van der Waals surface area (Å²) in [5.41, 5.74) is 6.88. The van der Waals surface area contributed by atoms with E-state index in [0.29, 0.717) is 5.75 Å². The van der Waals surface area contributed by atoms with E-state index in [-0.39, 0.29) is 17.5 Å². The zero-order valence-electron chi connectivity index (χ0n) is 9.95. The predicted molar refractivity (Wildman–Crippen MR) is 63.4 cm³/mol. The van der Waals surface area contributed by atoms with Gasteiger partial charge in [0.25, 0.3) is 0 Å². The molecule has 1 unspecified atom stereocenters. The highest BCUT2D eigenvalue weighted by molar-refractivity contribution is 5.39. The second kappa shape index (κ2) is 3.68. The molecule has 1 aromatic rings. The van der Waals surface area contributed by atoms with Crippen LogP contribution < -0.4 is 10.5 Å². The van der Waals surface area contributed by atoms with Crippen molar-refractivity contribution in [3.63, 3.8) is 0 Å². The van der Waals surface area contributed by atoms with Crippen LogP contribution in [0.4, 0.5) is 4.39 Å². The zero-order valence-corrected chi connectivity index (χ0v) is 9.95. The second-order valence-electron chi connectivity index (χ2n) is 5.27. The summed E-state index contributed by atoms with van der Waals surface area (Å²) in [5, 5.41) is 0. The number of benzene rings is 1. The first-order chi connectivity index (χ1) is 8.08. The standard InChI is InChI=1S/C13H17FN2O/c1-16-5-4-13(8-16)7-11(15)10-3-2-9(14)6-12(10)17-13/h2-3,6,11H,4-5,7-8,15H2,1H3/t11-,13?/m0/s1. The molecule has 2 aliphatic rings. The van der Waals surface area contributed by atoms with E-state index in [4.69, 9.17) is 10.5 Å². The van der Waals surface area contributed by atoms with Gasteiger partial charge < -0.3 is 15.4 Å². The van der Waals surface area contributed by atoms with Gasteiger partial charge in [0.05, 0.1) is 0 Å². The highest BCUT2D eigenvalue weighted by Gasteiger charge is 2.44. The molecule has 0 aliphatic carbocycles. The Morgan fingerprint density at radius 3 is 3.06 bits per heavy atom. The van der Waals surface area contributed by atoms with Crippen LogP contribution in [0.1, 0.15) is 24.4 Å². The van der Waals surface area contributed by atoms with Gasteiger partial charge in [0.2, 0.25) is 0 Å². The summed E-state index contributed by atoms with van der Waals surface area (Å²) < 4.78 is 19.3. The lowest BCUT2D eigenvalue weighted by atomic mass is 9.87. The normalized spacial score (nSPS) is 32.5. The smallest absolute Gasteiger partial charge is 0.127 e. The molecule has 0 bridgehead atoms. The van der Waals surface area contributed by atoms with Gasteiger partial charge >= 0.3 is 0 Å². The lowest BCUT2D eigenvalue weighted by Gasteiger charge is -2.38. The number of hydrogen-bond acceptors (Lipinski definition) is 3. The molecule has 92 valence electrons. The molecule has 0 radical (unpaired) electrons. The van der Waals surface area contributed by atoms with Gasteiger partial charge in [-0.15, -0.1) is 0 Å². The second-order valence-corrected chi connectivity index (χ2v) is 5.27. The molecule has 2 atom stereocenters. The van der Waals surface area contributed by atoms with Crippen LogP contribution in [0, 0.1) is 5.82 Å². The Bertz CT molecular complexity index is 451. The van der Waals surface area contributed by atoms with Crippen molar-refractivity contribution in [3.8, 4) is 5.75 Å². The molecule has 2 aliphatic heterocycles. The van der Waals surface area contributed by atoms with Gasteiger partial charge in [-0.3, -0.25) is 0 Å². The van der Waals surface area contributed by atoms with Crippen LogP contribution in [0.25, 0.3) is 0 Å². The van der Waals surface area contributed by atoms with Crippen LogP contribution in [0.15, 0.2) is 18.2 Å². The van der Waals surface area contributed by atoms with E-state index in [1.807, 2.05) is 0 Å². The van der Waals surface area contributed by atoms with E-state index in [1.54, 1.807) is 6.07 Å². The summed E-state index contributed by atoms with van der Waals surface area (Å²) in [6, 6.07) is 4.58. The van der Waals surface area contributed by atoms with Gasteiger partial charge in [0, 0.05) is 43.6 Å². The first-order valence-corrected chi connectivity index (χ1v) is 6.01. The van der Waals surface area contributed by atoms with Crippen LogP contribution in [0.3, 0.4) is 0 Å². The summed E-state index contributed by atoms with van der Waals surface area (Å²) in [4.78, 5) is 2.23. The number of nitrogens with two attached hydrogens (primary N) is 1. The topological polar surface area (TPSA) is 38.5 Å². The Morgan fingerprint density at radius 1 is 1.53 bits per heavy atom. The van der Waals surface area contributed by atoms with Crippen molar-refractivity contribution in [2.75, 3.05) is 20.1 Å². The molecule has 1 spiro atoms. The van der Waals surface area contributed by atoms with E-state index >= 15 is 0 Å². The Hall–Kier alpha value is -1.13. The van der Waals surface area contributed by atoms with Crippen LogP contribution in [0.5, 0.6) is 5.75 Å². The van der Waals surface area contributed by atoms with Gasteiger partial charge in [0.15, 0.2) is 0 Å². The quantitative estimate of drug-likeness (QED) is 0.745. The summed E-state index contributed by atoms with van der Waals surface area (Å²) in [6.07, 6.45) is 1.78. The molecule has 1 aromatic carbocycles. The lowest BCUT2D eigenvalue weighted by molar-refractivity contribution is 0.0462. The molecule has 1 saturated heterocycles. The fraction of sp³-hybridized carbons (Fsp3) is 0.538. The fourth-order valence-corrected chi connectivity index (χ4v) is 2.98. The Labute approximate surface area is 100 Å². The molecule has 2 N–H and O–H groups in total. The number of hydrogen-bond donors (Lipinski definition) is 1. The maximum atomic E-state index is 13.2. The van der Waals surface area contributed by atoms with E-state index in [1.165, 1.54) is 12.1 Å². The molecule has 0 saturated carbocycles. The highest BCUT2D eigenvalue weighted by atomic mass is 19.1. The third-order valence-corrected chi connectivity index (χ3v) is 3.80. The molecule has 0 amide bonds. The minimum Gasteiger partial charge on any atom is -0.485 e. The molecule has 3 rings (SSSR count). The fourth-order valence-electron chi connectivity index (χ4n) is 2.98. The number of likely N-dealkylation sites (tertiary alicyclic amines) is 1. The van der Waals surface area contributed by atoms with Crippen molar-refractivity contribution >= 4 is 0 Å². The summed E-state index contributed by atoms with van der Waals surface area (Å²) in [6.45, 7) is 1.88. The first kappa shape index (κ1) is 11.0. The van der Waals surface area contributed by atoms with Crippen LogP contribution in [-0.4, -0.2) is 30.6 Å². The summed E-state index contributed by atoms with van der Waals surface area (Å²) in [7, 11) is 2.07. The molecule has 4 heteroatoms. The Morgan fingerprint density at radius 2 is 2.35 bits per heavy atom. The van der Waals surface area contributed by atoms with Crippen molar-refractivity contribution in [2.45, 2.75) is 24.5 Å². The number of ether oxygens (including phenoxy) is 1. The monoisotopic (exact) mass is 236 g/mol. The van der Waals surface area contributed by atoms with Crippen molar-refractivity contribution in [3.05, 3.63) is 29.6 Å². The molecular weight excluding hydrogens is 219 g/mol. The number of nitrogens with zero attached hydrogens (tertiary/aromatic N) is 1. The molecule has 3 nitrogen and oxygen atoms in total. The van der Waals surface area contributed by atoms with Crippen LogP contribution in [0.2, 0.25) is 0 Å². The van der Waals surface area contributed by atoms with Gasteiger partial charge in [-0.05, 0) is 13.1 Å². The van der Waals surface area contributed by atoms with Crippen molar-refractivity contribution in [1.82, 2.24) is 4.90 Å². The third-order valence-electron chi connectivity index (χ3n) is 3.80. The third kappa shape index (κ3) is 1.81. The van der Waals surface area contributed by atoms with E-state index in [2.05, 4.69) is 11.9 Å². The average Bonchev–Trinajstić information content (AvgIpc) is 2.58. The van der Waals surface area contributed by atoms with Crippen molar-refractivity contribution in [1.29, 1.82) is 0 Å². The average molecular weight is 236 g/mol. The van der Waals surface area contributed by atoms with Crippen molar-refractivity contribution in [2.24, 2.45) is 5.73 Å².